The van der Waals surface area contributed by atoms with E-state index in [-0.39, 0.29) is 19.6 Å². The number of methoxy groups -OCH3 is 7. The molecule has 0 saturated carbocycles. The Kier molecular flexibility index (Phi) is 14.6. The van der Waals surface area contributed by atoms with E-state index in [2.05, 4.69) is 0 Å². The van der Waals surface area contributed by atoms with Crippen LogP contribution < -0.4 is 0 Å². The predicted octanol–water partition coefficient (Wildman–Crippen LogP) is -1.66. The van der Waals surface area contributed by atoms with E-state index in [1.165, 1.54) is 42.7 Å². The number of carbonyl (C=O) groups is 1. The van der Waals surface area contributed by atoms with Crippen molar-refractivity contribution < 1.29 is 62.7 Å². The van der Waals surface area contributed by atoms with E-state index in [1.54, 1.807) is 0 Å². The molecule has 35 heavy (non-hydrogen) atoms. The third-order valence-corrected chi connectivity index (χ3v) is 6.33. The second-order valence-electron chi connectivity index (χ2n) is 8.05. The van der Waals surface area contributed by atoms with Gasteiger partial charge in [0.05, 0.1) is 39.1 Å². The number of esters is 1. The third-order valence-electron chi connectivity index (χ3n) is 6.33. The van der Waals surface area contributed by atoms with E-state index in [0.29, 0.717) is 0 Å². The zero-order chi connectivity index (χ0) is 26.6. The maximum Gasteiger partial charge on any atom is 0.343 e. The lowest BCUT2D eigenvalue weighted by Gasteiger charge is -2.48. The average molecular weight is 515 g/mol. The smallest absolute Gasteiger partial charge is 0.343 e. The van der Waals surface area contributed by atoms with Gasteiger partial charge in [-0.2, -0.15) is 0 Å². The first-order valence-corrected chi connectivity index (χ1v) is 11.2. The Balaban J connectivity index is 3.54. The van der Waals surface area contributed by atoms with Gasteiger partial charge in [-0.25, -0.2) is 4.79 Å². The van der Waals surface area contributed by atoms with Gasteiger partial charge in [0.2, 0.25) is 5.60 Å². The molecule has 0 amide bonds. The number of aliphatic hydroxyl groups excluding tert-OH is 3. The molecule has 1 aliphatic rings. The molecule has 1 rings (SSSR count). The number of hydrogen-bond acceptors (Lipinski definition) is 13. The van der Waals surface area contributed by atoms with Gasteiger partial charge in [-0.15, -0.1) is 0 Å². The second kappa shape index (κ2) is 16.0. The molecule has 0 bridgehead atoms. The Morgan fingerprint density at radius 1 is 0.943 bits per heavy atom. The van der Waals surface area contributed by atoms with Crippen molar-refractivity contribution in [1.82, 2.24) is 0 Å². The van der Waals surface area contributed by atoms with Crippen molar-refractivity contribution in [2.24, 2.45) is 5.92 Å². The lowest BCUT2D eigenvalue weighted by molar-refractivity contribution is -0.336. The van der Waals surface area contributed by atoms with Crippen LogP contribution in [-0.2, 0) is 47.4 Å². The van der Waals surface area contributed by atoms with Crippen LogP contribution in [0.4, 0.5) is 0 Å². The maximum absolute atomic E-state index is 12.7. The Bertz CT molecular complexity index is 588. The molecule has 0 aliphatic carbocycles. The fourth-order valence-corrected chi connectivity index (χ4v) is 4.50. The Morgan fingerprint density at radius 2 is 1.57 bits per heavy atom. The van der Waals surface area contributed by atoms with Crippen LogP contribution in [0.15, 0.2) is 0 Å². The quantitative estimate of drug-likeness (QED) is 0.189. The van der Waals surface area contributed by atoms with Crippen molar-refractivity contribution in [3.05, 3.63) is 0 Å². The summed E-state index contributed by atoms with van der Waals surface area (Å²) in [6.07, 6.45) is -5.99. The Labute approximate surface area is 206 Å². The molecular formula is C22H42O13. The minimum atomic E-state index is -1.99. The Morgan fingerprint density at radius 3 is 1.97 bits per heavy atom. The fraction of sp³-hybridized carbons (Fsp3) is 0.955. The van der Waals surface area contributed by atoms with Gasteiger partial charge in [-0.05, 0) is 6.42 Å². The third kappa shape index (κ3) is 7.08. The predicted molar refractivity (Wildman–Crippen MR) is 120 cm³/mol. The van der Waals surface area contributed by atoms with Crippen molar-refractivity contribution in [3.8, 4) is 0 Å². The molecule has 208 valence electrons. The molecule has 0 aromatic heterocycles. The maximum atomic E-state index is 12.7. The molecule has 1 aliphatic heterocycles. The van der Waals surface area contributed by atoms with Gasteiger partial charge in [0, 0.05) is 55.2 Å². The minimum Gasteiger partial charge on any atom is -0.467 e. The molecule has 0 radical (unpaired) electrons. The SMILES string of the molecule is COCC(CO)C(O[C@@H]1OC(CCO)[C@H](OC)[C@@H](OC)C1OC)C(OC)C(CO)(OC)C(=O)OC. The summed E-state index contributed by atoms with van der Waals surface area (Å²) in [5, 5.41) is 29.9. The van der Waals surface area contributed by atoms with E-state index in [1.807, 2.05) is 0 Å². The van der Waals surface area contributed by atoms with Crippen LogP contribution in [-0.4, -0.2) is 146 Å². The highest BCUT2D eigenvalue weighted by Crippen LogP contribution is 2.34. The number of aliphatic hydroxyl groups is 3. The van der Waals surface area contributed by atoms with Gasteiger partial charge < -0.3 is 58.0 Å². The lowest BCUT2D eigenvalue weighted by Crippen LogP contribution is -2.65. The van der Waals surface area contributed by atoms with Gasteiger partial charge in [0.1, 0.15) is 24.4 Å². The molecule has 0 spiro atoms. The number of carbonyl (C=O) groups excluding carboxylic acids is 1. The number of hydrogen-bond donors (Lipinski definition) is 3. The van der Waals surface area contributed by atoms with Gasteiger partial charge in [0.15, 0.2) is 6.29 Å². The minimum absolute atomic E-state index is 0.00621. The van der Waals surface area contributed by atoms with E-state index >= 15 is 0 Å². The van der Waals surface area contributed by atoms with Crippen LogP contribution in [0.3, 0.4) is 0 Å². The topological polar surface area (TPSA) is 161 Å². The van der Waals surface area contributed by atoms with Crippen molar-refractivity contribution in [3.63, 3.8) is 0 Å². The summed E-state index contributed by atoms with van der Waals surface area (Å²) in [5.41, 5.74) is -1.99. The van der Waals surface area contributed by atoms with Crippen LogP contribution in [0.5, 0.6) is 0 Å². The molecule has 13 nitrogen and oxygen atoms in total. The summed E-state index contributed by atoms with van der Waals surface area (Å²) in [6, 6.07) is 0. The van der Waals surface area contributed by atoms with E-state index in [0.717, 1.165) is 7.11 Å². The summed E-state index contributed by atoms with van der Waals surface area (Å²) in [4.78, 5) is 12.7. The molecular weight excluding hydrogens is 472 g/mol. The summed E-state index contributed by atoms with van der Waals surface area (Å²) < 4.78 is 50.5. The summed E-state index contributed by atoms with van der Waals surface area (Å²) in [6.45, 7) is -1.41. The van der Waals surface area contributed by atoms with Crippen molar-refractivity contribution in [2.75, 3.05) is 76.2 Å². The van der Waals surface area contributed by atoms with Crippen LogP contribution >= 0.6 is 0 Å². The molecule has 3 N–H and O–H groups in total. The van der Waals surface area contributed by atoms with Crippen LogP contribution in [0.1, 0.15) is 6.42 Å². The highest BCUT2D eigenvalue weighted by molar-refractivity contribution is 5.80. The van der Waals surface area contributed by atoms with Crippen LogP contribution in [0, 0.1) is 5.92 Å². The number of rotatable bonds is 17. The summed E-state index contributed by atoms with van der Waals surface area (Å²) >= 11 is 0. The standard InChI is InChI=1S/C22H42O13/c1-27-11-13(10-24)15(19(31-5)22(12-25,33-7)21(26)32-6)35-20-18(30-4)17(29-3)16(28-2)14(34-20)8-9-23/h13-20,23-25H,8-12H2,1-7H3/t13?,14?,15?,16-,17+,18?,19?,20-,22?/m0/s1. The number of ether oxygens (including phenoxy) is 9. The van der Waals surface area contributed by atoms with E-state index in [9.17, 15) is 20.1 Å². The molecule has 9 atom stereocenters. The molecule has 13 heteroatoms. The molecule has 1 fully saturated rings. The first-order chi connectivity index (χ1) is 16.8. The largest absolute Gasteiger partial charge is 0.467 e. The van der Waals surface area contributed by atoms with Gasteiger partial charge >= 0.3 is 5.97 Å². The summed E-state index contributed by atoms with van der Waals surface area (Å²) in [5.74, 6) is -1.66. The monoisotopic (exact) mass is 514 g/mol. The van der Waals surface area contributed by atoms with Gasteiger partial charge in [-0.1, -0.05) is 0 Å². The van der Waals surface area contributed by atoms with Gasteiger partial charge in [0.25, 0.3) is 0 Å². The van der Waals surface area contributed by atoms with E-state index < -0.39 is 73.6 Å². The average Bonchev–Trinajstić information content (AvgIpc) is 2.88. The molecule has 1 saturated heterocycles. The second-order valence-corrected chi connectivity index (χ2v) is 8.05. The van der Waals surface area contributed by atoms with Crippen LogP contribution in [0.2, 0.25) is 0 Å². The van der Waals surface area contributed by atoms with Crippen LogP contribution in [0.25, 0.3) is 0 Å². The summed E-state index contributed by atoms with van der Waals surface area (Å²) in [7, 11) is 9.52. The molecule has 1 heterocycles. The zero-order valence-electron chi connectivity index (χ0n) is 21.6. The highest BCUT2D eigenvalue weighted by atomic mass is 16.7. The zero-order valence-corrected chi connectivity index (χ0v) is 21.6. The molecule has 0 aromatic rings. The molecule has 6 unspecified atom stereocenters. The van der Waals surface area contributed by atoms with E-state index in [4.69, 9.17) is 42.6 Å². The lowest BCUT2D eigenvalue weighted by atomic mass is 9.86. The first-order valence-electron chi connectivity index (χ1n) is 11.2. The first kappa shape index (κ1) is 32.1. The fourth-order valence-electron chi connectivity index (χ4n) is 4.50. The van der Waals surface area contributed by atoms with Crippen molar-refractivity contribution in [1.29, 1.82) is 0 Å². The normalized spacial score (nSPS) is 29.3. The van der Waals surface area contributed by atoms with Crippen molar-refractivity contribution in [2.45, 2.75) is 54.9 Å². The van der Waals surface area contributed by atoms with Gasteiger partial charge in [-0.3, -0.25) is 0 Å². The van der Waals surface area contributed by atoms with Crippen molar-refractivity contribution >= 4 is 5.97 Å². The molecule has 0 aromatic carbocycles. The highest BCUT2D eigenvalue weighted by Gasteiger charge is 2.56. The Hall–Kier alpha value is -0.970.